The van der Waals surface area contributed by atoms with E-state index in [0.29, 0.717) is 30.3 Å². The van der Waals surface area contributed by atoms with Gasteiger partial charge in [0.05, 0.1) is 4.92 Å². The summed E-state index contributed by atoms with van der Waals surface area (Å²) in [5.74, 6) is 2.32. The molecule has 1 aromatic carbocycles. The highest BCUT2D eigenvalue weighted by Gasteiger charge is 2.26. The predicted octanol–water partition coefficient (Wildman–Crippen LogP) is 3.02. The molecule has 3 rings (SSSR count). The van der Waals surface area contributed by atoms with E-state index in [2.05, 4.69) is 6.92 Å². The molecular weight excluding hydrogens is 326 g/mol. The molecule has 0 bridgehead atoms. The Morgan fingerprint density at radius 3 is 2.75 bits per heavy atom. The Hall–Kier alpha value is -1.76. The maximum absolute atomic E-state index is 12.8. The van der Waals surface area contributed by atoms with Crippen LogP contribution in [0.3, 0.4) is 0 Å². The van der Waals surface area contributed by atoms with E-state index in [0.717, 1.165) is 37.4 Å². The van der Waals surface area contributed by atoms with Crippen LogP contribution >= 0.6 is 11.8 Å². The molecule has 2 fully saturated rings. The van der Waals surface area contributed by atoms with E-state index in [9.17, 15) is 14.9 Å². The number of thioether (sulfide) groups is 1. The summed E-state index contributed by atoms with van der Waals surface area (Å²) in [6.45, 7) is 5.24. The highest BCUT2D eigenvalue weighted by molar-refractivity contribution is 7.99. The Bertz CT molecular complexity index is 632. The van der Waals surface area contributed by atoms with Crippen LogP contribution in [-0.4, -0.2) is 53.4 Å². The molecular formula is C17H23N3O3S. The van der Waals surface area contributed by atoms with Crippen LogP contribution in [0.25, 0.3) is 0 Å². The van der Waals surface area contributed by atoms with E-state index >= 15 is 0 Å². The summed E-state index contributed by atoms with van der Waals surface area (Å²) < 4.78 is 0. The van der Waals surface area contributed by atoms with Gasteiger partial charge in [0.15, 0.2) is 0 Å². The van der Waals surface area contributed by atoms with Crippen LogP contribution in [-0.2, 0) is 0 Å². The average molecular weight is 349 g/mol. The second-order valence-electron chi connectivity index (χ2n) is 6.59. The molecule has 1 atom stereocenters. The largest absolute Gasteiger partial charge is 0.366 e. The average Bonchev–Trinajstić information content (AvgIpc) is 3.02. The van der Waals surface area contributed by atoms with Crippen LogP contribution in [0.4, 0.5) is 11.4 Å². The van der Waals surface area contributed by atoms with Crippen molar-refractivity contribution in [2.24, 2.45) is 5.92 Å². The fourth-order valence-electron chi connectivity index (χ4n) is 3.37. The summed E-state index contributed by atoms with van der Waals surface area (Å²) in [6.07, 6.45) is 2.11. The quantitative estimate of drug-likeness (QED) is 0.620. The Morgan fingerprint density at radius 2 is 2.04 bits per heavy atom. The third-order valence-electron chi connectivity index (χ3n) is 4.59. The van der Waals surface area contributed by atoms with E-state index < -0.39 is 0 Å². The molecule has 2 saturated heterocycles. The molecule has 1 aromatic rings. The molecule has 0 radical (unpaired) electrons. The van der Waals surface area contributed by atoms with Crippen molar-refractivity contribution in [1.29, 1.82) is 0 Å². The topological polar surface area (TPSA) is 66.7 Å². The van der Waals surface area contributed by atoms with Crippen molar-refractivity contribution in [3.8, 4) is 0 Å². The number of hydrogen-bond donors (Lipinski definition) is 0. The number of benzene rings is 1. The highest BCUT2D eigenvalue weighted by Crippen LogP contribution is 2.32. The van der Waals surface area contributed by atoms with Crippen LogP contribution in [0, 0.1) is 16.0 Å². The summed E-state index contributed by atoms with van der Waals surface area (Å²) in [7, 11) is 0. The first kappa shape index (κ1) is 17.1. The van der Waals surface area contributed by atoms with E-state index in [1.807, 2.05) is 21.6 Å². The van der Waals surface area contributed by atoms with Crippen LogP contribution < -0.4 is 4.90 Å². The van der Waals surface area contributed by atoms with Crippen molar-refractivity contribution < 1.29 is 9.72 Å². The van der Waals surface area contributed by atoms with Crippen molar-refractivity contribution in [2.75, 3.05) is 42.6 Å². The molecule has 24 heavy (non-hydrogen) atoms. The molecule has 7 heteroatoms. The second kappa shape index (κ2) is 7.42. The van der Waals surface area contributed by atoms with Gasteiger partial charge in [-0.2, -0.15) is 11.8 Å². The zero-order valence-electron chi connectivity index (χ0n) is 13.9. The molecule has 0 saturated carbocycles. The first-order chi connectivity index (χ1) is 11.6. The first-order valence-electron chi connectivity index (χ1n) is 8.46. The van der Waals surface area contributed by atoms with Crippen molar-refractivity contribution in [3.63, 3.8) is 0 Å². The standard InChI is InChI=1S/C17H23N3O3S/c1-13-11-19(8-9-24-12-13)17(21)14-4-5-15(16(10-14)20(22)23)18-6-2-3-7-18/h4-5,10,13H,2-3,6-9,11-12H2,1H3. The fraction of sp³-hybridized carbons (Fsp3) is 0.588. The summed E-state index contributed by atoms with van der Waals surface area (Å²) in [4.78, 5) is 27.8. The Kier molecular flexibility index (Phi) is 5.28. The minimum absolute atomic E-state index is 0.0417. The number of rotatable bonds is 3. The lowest BCUT2D eigenvalue weighted by Crippen LogP contribution is -2.35. The van der Waals surface area contributed by atoms with Gasteiger partial charge in [-0.3, -0.25) is 14.9 Å². The van der Waals surface area contributed by atoms with Gasteiger partial charge in [0.25, 0.3) is 11.6 Å². The van der Waals surface area contributed by atoms with Crippen LogP contribution in [0.1, 0.15) is 30.1 Å². The summed E-state index contributed by atoms with van der Waals surface area (Å²) >= 11 is 1.86. The molecule has 130 valence electrons. The van der Waals surface area contributed by atoms with Crippen LogP contribution in [0.2, 0.25) is 0 Å². The summed E-state index contributed by atoms with van der Waals surface area (Å²) in [5, 5.41) is 11.5. The maximum Gasteiger partial charge on any atom is 0.293 e. The number of amides is 1. The van der Waals surface area contributed by atoms with Crippen molar-refractivity contribution >= 4 is 29.0 Å². The Labute approximate surface area is 146 Å². The van der Waals surface area contributed by atoms with Gasteiger partial charge in [0.1, 0.15) is 5.69 Å². The first-order valence-corrected chi connectivity index (χ1v) is 9.62. The Balaban J connectivity index is 1.86. The zero-order chi connectivity index (χ0) is 17.1. The summed E-state index contributed by atoms with van der Waals surface area (Å²) in [5.41, 5.74) is 1.09. The van der Waals surface area contributed by atoms with Crippen molar-refractivity contribution in [1.82, 2.24) is 4.90 Å². The number of anilines is 1. The number of carbonyl (C=O) groups excluding carboxylic acids is 1. The minimum atomic E-state index is -0.370. The third kappa shape index (κ3) is 3.66. The third-order valence-corrected chi connectivity index (χ3v) is 5.87. The van der Waals surface area contributed by atoms with Gasteiger partial charge in [-0.15, -0.1) is 0 Å². The molecule has 2 heterocycles. The number of carbonyl (C=O) groups is 1. The van der Waals surface area contributed by atoms with E-state index in [-0.39, 0.29) is 16.5 Å². The van der Waals surface area contributed by atoms with Gasteiger partial charge in [-0.1, -0.05) is 6.92 Å². The van der Waals surface area contributed by atoms with Gasteiger partial charge >= 0.3 is 0 Å². The fourth-order valence-corrected chi connectivity index (χ4v) is 4.40. The van der Waals surface area contributed by atoms with Gasteiger partial charge < -0.3 is 9.80 Å². The van der Waals surface area contributed by atoms with E-state index in [1.54, 1.807) is 12.1 Å². The minimum Gasteiger partial charge on any atom is -0.366 e. The second-order valence-corrected chi connectivity index (χ2v) is 7.74. The number of nitro benzene ring substituents is 1. The molecule has 0 N–H and O–H groups in total. The number of nitro groups is 1. The van der Waals surface area contributed by atoms with Gasteiger partial charge in [-0.25, -0.2) is 0 Å². The molecule has 0 aromatic heterocycles. The molecule has 1 amide bonds. The van der Waals surface area contributed by atoms with Gasteiger partial charge in [0, 0.05) is 43.6 Å². The van der Waals surface area contributed by atoms with Crippen LogP contribution in [0.5, 0.6) is 0 Å². The molecule has 0 spiro atoms. The Morgan fingerprint density at radius 1 is 1.29 bits per heavy atom. The predicted molar refractivity (Wildman–Crippen MR) is 96.9 cm³/mol. The molecule has 2 aliphatic heterocycles. The summed E-state index contributed by atoms with van der Waals surface area (Å²) in [6, 6.07) is 4.94. The number of nitrogens with zero attached hydrogens (tertiary/aromatic N) is 3. The van der Waals surface area contributed by atoms with E-state index in [4.69, 9.17) is 0 Å². The zero-order valence-corrected chi connectivity index (χ0v) is 14.8. The van der Waals surface area contributed by atoms with Crippen LogP contribution in [0.15, 0.2) is 18.2 Å². The van der Waals surface area contributed by atoms with E-state index in [1.165, 1.54) is 6.07 Å². The monoisotopic (exact) mass is 349 g/mol. The number of hydrogen-bond acceptors (Lipinski definition) is 5. The smallest absolute Gasteiger partial charge is 0.293 e. The van der Waals surface area contributed by atoms with Crippen molar-refractivity contribution in [2.45, 2.75) is 19.8 Å². The highest BCUT2D eigenvalue weighted by atomic mass is 32.2. The normalized spacial score (nSPS) is 21.6. The maximum atomic E-state index is 12.8. The SMILES string of the molecule is CC1CSCCN(C(=O)c2ccc(N3CCCC3)c([N+](=O)[O-])c2)C1. The molecule has 6 nitrogen and oxygen atoms in total. The molecule has 0 aliphatic carbocycles. The lowest BCUT2D eigenvalue weighted by atomic mass is 10.1. The van der Waals surface area contributed by atoms with Crippen molar-refractivity contribution in [3.05, 3.63) is 33.9 Å². The lowest BCUT2D eigenvalue weighted by Gasteiger charge is -2.23. The molecule has 2 aliphatic rings. The lowest BCUT2D eigenvalue weighted by molar-refractivity contribution is -0.384. The van der Waals surface area contributed by atoms with Gasteiger partial charge in [0.2, 0.25) is 0 Å². The van der Waals surface area contributed by atoms with Gasteiger partial charge in [-0.05, 0) is 36.6 Å². The molecule has 1 unspecified atom stereocenters.